The summed E-state index contributed by atoms with van der Waals surface area (Å²) in [5.41, 5.74) is 4.23. The molecule has 2 aliphatic rings. The molecule has 2 saturated heterocycles. The standard InChI is InChI=1S/C32H34FN9O/c33-27-21-36-32(38-31(27)28-22-35-30-8-6-25(23-42(28)30)24-4-2-1-3-5-24)37-26-7-9-29(34-20-26)41-14-12-39(13-15-41)10-11-40-16-18-43-19-17-40/h1-9,20-23H,10-19H2,(H,36,37,38). The Bertz CT molecular complexity index is 1660. The van der Waals surface area contributed by atoms with Gasteiger partial charge in [-0.05, 0) is 35.4 Å². The van der Waals surface area contributed by atoms with E-state index in [0.717, 1.165) is 88.2 Å². The van der Waals surface area contributed by atoms with Crippen LogP contribution in [0.2, 0.25) is 0 Å². The van der Waals surface area contributed by atoms with Gasteiger partial charge >= 0.3 is 0 Å². The molecule has 43 heavy (non-hydrogen) atoms. The predicted octanol–water partition coefficient (Wildman–Crippen LogP) is 4.19. The summed E-state index contributed by atoms with van der Waals surface area (Å²) in [6.07, 6.45) is 6.55. The van der Waals surface area contributed by atoms with Crippen molar-refractivity contribution in [3.63, 3.8) is 0 Å². The van der Waals surface area contributed by atoms with Gasteiger partial charge in [0.15, 0.2) is 5.82 Å². The number of aromatic nitrogens is 5. The first kappa shape index (κ1) is 27.4. The van der Waals surface area contributed by atoms with Crippen LogP contribution in [0.5, 0.6) is 0 Å². The van der Waals surface area contributed by atoms with Crippen LogP contribution >= 0.6 is 0 Å². The van der Waals surface area contributed by atoms with Crippen molar-refractivity contribution in [3.05, 3.63) is 85.2 Å². The number of rotatable bonds is 8. The van der Waals surface area contributed by atoms with Gasteiger partial charge < -0.3 is 15.0 Å². The number of benzene rings is 1. The predicted molar refractivity (Wildman–Crippen MR) is 165 cm³/mol. The summed E-state index contributed by atoms with van der Waals surface area (Å²) < 4.78 is 22.3. The van der Waals surface area contributed by atoms with Crippen LogP contribution in [0.4, 0.5) is 21.8 Å². The van der Waals surface area contributed by atoms with Gasteiger partial charge in [-0.3, -0.25) is 14.2 Å². The Morgan fingerprint density at radius 1 is 0.744 bits per heavy atom. The van der Waals surface area contributed by atoms with Gasteiger partial charge in [-0.1, -0.05) is 30.3 Å². The summed E-state index contributed by atoms with van der Waals surface area (Å²) in [5.74, 6) is 0.711. The minimum absolute atomic E-state index is 0.172. The Balaban J connectivity index is 1.01. The third-order valence-corrected chi connectivity index (χ3v) is 8.14. The van der Waals surface area contributed by atoms with Crippen molar-refractivity contribution in [2.24, 2.45) is 0 Å². The summed E-state index contributed by atoms with van der Waals surface area (Å²) in [6.45, 7) is 9.87. The summed E-state index contributed by atoms with van der Waals surface area (Å²) in [4.78, 5) is 25.2. The van der Waals surface area contributed by atoms with Gasteiger partial charge in [0.05, 0.1) is 43.2 Å². The number of nitrogens with one attached hydrogen (secondary N) is 1. The summed E-state index contributed by atoms with van der Waals surface area (Å²) in [6, 6.07) is 17.9. The molecule has 11 heteroatoms. The summed E-state index contributed by atoms with van der Waals surface area (Å²) in [5, 5.41) is 3.18. The maximum Gasteiger partial charge on any atom is 0.228 e. The van der Waals surface area contributed by atoms with Crippen molar-refractivity contribution in [2.45, 2.75) is 0 Å². The van der Waals surface area contributed by atoms with Crippen LogP contribution in [0.1, 0.15) is 0 Å². The number of piperazine rings is 1. The van der Waals surface area contributed by atoms with Gasteiger partial charge in [0, 0.05) is 58.6 Å². The number of hydrogen-bond donors (Lipinski definition) is 1. The third kappa shape index (κ3) is 6.19. The number of imidazole rings is 1. The van der Waals surface area contributed by atoms with Gasteiger partial charge in [0.2, 0.25) is 5.95 Å². The van der Waals surface area contributed by atoms with Crippen LogP contribution in [-0.2, 0) is 4.74 Å². The fourth-order valence-electron chi connectivity index (χ4n) is 5.65. The lowest BCUT2D eigenvalue weighted by Gasteiger charge is -2.37. The highest BCUT2D eigenvalue weighted by Gasteiger charge is 2.20. The largest absolute Gasteiger partial charge is 0.379 e. The van der Waals surface area contributed by atoms with Crippen LogP contribution in [0.25, 0.3) is 28.2 Å². The van der Waals surface area contributed by atoms with Crippen molar-refractivity contribution in [2.75, 3.05) is 75.8 Å². The molecule has 0 radical (unpaired) electrons. The highest BCUT2D eigenvalue weighted by Crippen LogP contribution is 2.27. The second-order valence-electron chi connectivity index (χ2n) is 10.9. The number of fused-ring (bicyclic) bond motifs is 1. The highest BCUT2D eigenvalue weighted by molar-refractivity contribution is 5.68. The molecule has 0 saturated carbocycles. The lowest BCUT2D eigenvalue weighted by Crippen LogP contribution is -2.49. The summed E-state index contributed by atoms with van der Waals surface area (Å²) in [7, 11) is 0. The SMILES string of the molecule is Fc1cnc(Nc2ccc(N3CCN(CCN4CCOCC4)CC3)nc2)nc1-c1cnc2ccc(-c3ccccc3)cn12. The van der Waals surface area contributed by atoms with Crippen molar-refractivity contribution in [3.8, 4) is 22.5 Å². The molecule has 4 aromatic heterocycles. The van der Waals surface area contributed by atoms with E-state index >= 15 is 4.39 Å². The molecule has 5 aromatic rings. The van der Waals surface area contributed by atoms with E-state index in [1.54, 1.807) is 12.4 Å². The quantitative estimate of drug-likeness (QED) is 0.291. The van der Waals surface area contributed by atoms with E-state index < -0.39 is 5.82 Å². The highest BCUT2D eigenvalue weighted by atomic mass is 19.1. The molecule has 2 aliphatic heterocycles. The first-order valence-corrected chi connectivity index (χ1v) is 14.8. The Morgan fingerprint density at radius 2 is 1.53 bits per heavy atom. The van der Waals surface area contributed by atoms with E-state index in [1.165, 1.54) is 6.20 Å². The van der Waals surface area contributed by atoms with E-state index in [4.69, 9.17) is 9.72 Å². The van der Waals surface area contributed by atoms with Gasteiger partial charge in [-0.15, -0.1) is 0 Å². The Hall–Kier alpha value is -4.45. The smallest absolute Gasteiger partial charge is 0.228 e. The van der Waals surface area contributed by atoms with Gasteiger partial charge in [-0.25, -0.2) is 24.3 Å². The molecule has 0 bridgehead atoms. The number of ether oxygens (including phenoxy) is 1. The maximum absolute atomic E-state index is 15.0. The summed E-state index contributed by atoms with van der Waals surface area (Å²) >= 11 is 0. The van der Waals surface area contributed by atoms with Crippen molar-refractivity contribution in [1.82, 2.24) is 34.1 Å². The number of morpholine rings is 1. The first-order chi connectivity index (χ1) is 21.2. The lowest BCUT2D eigenvalue weighted by atomic mass is 10.1. The van der Waals surface area contributed by atoms with Crippen molar-refractivity contribution < 1.29 is 9.13 Å². The molecule has 0 aliphatic carbocycles. The molecule has 2 fully saturated rings. The van der Waals surface area contributed by atoms with Crippen LogP contribution in [0.3, 0.4) is 0 Å². The Kier molecular flexibility index (Phi) is 7.91. The molecule has 7 rings (SSSR count). The fraction of sp³-hybridized carbons (Fsp3) is 0.312. The van der Waals surface area contributed by atoms with Crippen LogP contribution < -0.4 is 10.2 Å². The number of halogens is 1. The molecule has 0 atom stereocenters. The van der Waals surface area contributed by atoms with E-state index in [1.807, 2.05) is 65.2 Å². The Morgan fingerprint density at radius 3 is 2.30 bits per heavy atom. The van der Waals surface area contributed by atoms with E-state index in [9.17, 15) is 0 Å². The van der Waals surface area contributed by atoms with Crippen molar-refractivity contribution >= 4 is 23.1 Å². The van der Waals surface area contributed by atoms with E-state index in [0.29, 0.717) is 11.3 Å². The molecule has 10 nitrogen and oxygen atoms in total. The molecule has 0 amide bonds. The number of hydrogen-bond acceptors (Lipinski definition) is 9. The number of pyridine rings is 2. The maximum atomic E-state index is 15.0. The van der Waals surface area contributed by atoms with Gasteiger partial charge in [0.1, 0.15) is 17.2 Å². The van der Waals surface area contributed by atoms with Crippen LogP contribution in [0.15, 0.2) is 79.4 Å². The topological polar surface area (TPSA) is 87.0 Å². The van der Waals surface area contributed by atoms with Gasteiger partial charge in [0.25, 0.3) is 0 Å². The average molecular weight is 580 g/mol. The monoisotopic (exact) mass is 579 g/mol. The zero-order chi connectivity index (χ0) is 29.0. The van der Waals surface area contributed by atoms with E-state index in [2.05, 4.69) is 35.0 Å². The van der Waals surface area contributed by atoms with Crippen LogP contribution in [-0.4, -0.2) is 99.7 Å². The molecule has 0 unspecified atom stereocenters. The zero-order valence-corrected chi connectivity index (χ0v) is 23.9. The van der Waals surface area contributed by atoms with Gasteiger partial charge in [-0.2, -0.15) is 0 Å². The molecule has 0 spiro atoms. The second-order valence-corrected chi connectivity index (χ2v) is 10.9. The Labute approximate surface area is 249 Å². The van der Waals surface area contributed by atoms with Crippen LogP contribution in [0, 0.1) is 5.82 Å². The average Bonchev–Trinajstić information content (AvgIpc) is 3.49. The molecule has 6 heterocycles. The second kappa shape index (κ2) is 12.4. The molecule has 1 aromatic carbocycles. The minimum atomic E-state index is -0.518. The normalized spacial score (nSPS) is 16.5. The molecular formula is C32H34FN9O. The van der Waals surface area contributed by atoms with Crippen molar-refractivity contribution in [1.29, 1.82) is 0 Å². The molecule has 1 N–H and O–H groups in total. The molecular weight excluding hydrogens is 545 g/mol. The van der Waals surface area contributed by atoms with E-state index in [-0.39, 0.29) is 11.6 Å². The minimum Gasteiger partial charge on any atom is -0.379 e. The first-order valence-electron chi connectivity index (χ1n) is 14.8. The lowest BCUT2D eigenvalue weighted by molar-refractivity contribution is 0.0331. The number of anilines is 3. The third-order valence-electron chi connectivity index (χ3n) is 8.14. The zero-order valence-electron chi connectivity index (χ0n) is 23.9. The number of nitrogens with zero attached hydrogens (tertiary/aromatic N) is 8. The fourth-order valence-corrected chi connectivity index (χ4v) is 5.65. The molecule has 220 valence electrons.